The Hall–Kier alpha value is -0.160. The highest BCUT2D eigenvalue weighted by Crippen LogP contribution is 2.10. The second-order valence-corrected chi connectivity index (χ2v) is 4.40. The highest BCUT2D eigenvalue weighted by molar-refractivity contribution is 4.83. The average molecular weight is 232 g/mol. The average Bonchev–Trinajstić information content (AvgIpc) is 2.27. The molecule has 16 heavy (non-hydrogen) atoms. The Balaban J connectivity index is 4.26. The van der Waals surface area contributed by atoms with Crippen LogP contribution in [0, 0.1) is 5.92 Å². The van der Waals surface area contributed by atoms with Gasteiger partial charge in [0.15, 0.2) is 0 Å². The third-order valence-corrected chi connectivity index (χ3v) is 3.00. The van der Waals surface area contributed by atoms with Crippen LogP contribution in [0.1, 0.15) is 27.7 Å². The standard InChI is InChI=1S/C12H28N2O2/c1-5-14(7-8-16-6-2)11(9-15)12(13)10(3)4/h10-12,15H,5-9,13H2,1-4H3. The lowest BCUT2D eigenvalue weighted by molar-refractivity contribution is 0.0580. The highest BCUT2D eigenvalue weighted by Gasteiger charge is 2.25. The Morgan fingerprint density at radius 3 is 2.31 bits per heavy atom. The van der Waals surface area contributed by atoms with Gasteiger partial charge in [-0.05, 0) is 19.4 Å². The van der Waals surface area contributed by atoms with Crippen LogP contribution in [-0.4, -0.2) is 55.0 Å². The van der Waals surface area contributed by atoms with Gasteiger partial charge in [0.05, 0.1) is 13.2 Å². The second kappa shape index (κ2) is 8.93. The number of hydrogen-bond acceptors (Lipinski definition) is 4. The molecular formula is C12H28N2O2. The number of likely N-dealkylation sites (N-methyl/N-ethyl adjacent to an activating group) is 1. The van der Waals surface area contributed by atoms with Crippen LogP contribution in [0.15, 0.2) is 0 Å². The topological polar surface area (TPSA) is 58.7 Å². The molecule has 3 N–H and O–H groups in total. The first-order valence-corrected chi connectivity index (χ1v) is 6.26. The monoisotopic (exact) mass is 232 g/mol. The smallest absolute Gasteiger partial charge is 0.0602 e. The molecule has 0 aromatic rings. The van der Waals surface area contributed by atoms with Crippen molar-refractivity contribution in [2.45, 2.75) is 39.8 Å². The van der Waals surface area contributed by atoms with Crippen LogP contribution in [-0.2, 0) is 4.74 Å². The lowest BCUT2D eigenvalue weighted by atomic mass is 9.96. The summed E-state index contributed by atoms with van der Waals surface area (Å²) >= 11 is 0. The molecule has 2 atom stereocenters. The van der Waals surface area contributed by atoms with E-state index >= 15 is 0 Å². The molecule has 0 fully saturated rings. The normalized spacial score (nSPS) is 15.8. The first kappa shape index (κ1) is 15.8. The number of aliphatic hydroxyl groups is 1. The van der Waals surface area contributed by atoms with E-state index in [0.29, 0.717) is 12.5 Å². The Morgan fingerprint density at radius 1 is 1.31 bits per heavy atom. The van der Waals surface area contributed by atoms with Crippen LogP contribution in [0.4, 0.5) is 0 Å². The summed E-state index contributed by atoms with van der Waals surface area (Å²) in [6.45, 7) is 11.5. The van der Waals surface area contributed by atoms with Crippen molar-refractivity contribution < 1.29 is 9.84 Å². The minimum atomic E-state index is 0.00609. The molecule has 4 nitrogen and oxygen atoms in total. The van der Waals surface area contributed by atoms with Gasteiger partial charge in [-0.2, -0.15) is 0 Å². The van der Waals surface area contributed by atoms with E-state index in [1.807, 2.05) is 6.92 Å². The van der Waals surface area contributed by atoms with Crippen LogP contribution in [0.25, 0.3) is 0 Å². The largest absolute Gasteiger partial charge is 0.395 e. The number of aliphatic hydroxyl groups excluding tert-OH is 1. The summed E-state index contributed by atoms with van der Waals surface area (Å²) in [7, 11) is 0. The number of hydrogen-bond donors (Lipinski definition) is 2. The maximum atomic E-state index is 9.44. The number of rotatable bonds is 9. The van der Waals surface area contributed by atoms with Gasteiger partial charge >= 0.3 is 0 Å². The van der Waals surface area contributed by atoms with Gasteiger partial charge in [0.25, 0.3) is 0 Å². The zero-order valence-corrected chi connectivity index (χ0v) is 11.1. The number of ether oxygens (including phenoxy) is 1. The Bertz CT molecular complexity index is 165. The molecule has 0 amide bonds. The van der Waals surface area contributed by atoms with Crippen molar-refractivity contribution >= 4 is 0 Å². The van der Waals surface area contributed by atoms with E-state index < -0.39 is 0 Å². The van der Waals surface area contributed by atoms with Crippen molar-refractivity contribution in [2.75, 3.05) is 32.9 Å². The van der Waals surface area contributed by atoms with Gasteiger partial charge < -0.3 is 15.6 Å². The summed E-state index contributed by atoms with van der Waals surface area (Å²) < 4.78 is 5.34. The van der Waals surface area contributed by atoms with Gasteiger partial charge in [-0.15, -0.1) is 0 Å². The van der Waals surface area contributed by atoms with Crippen LogP contribution in [0.3, 0.4) is 0 Å². The lowest BCUT2D eigenvalue weighted by Gasteiger charge is -2.35. The van der Waals surface area contributed by atoms with Crippen molar-refractivity contribution in [1.82, 2.24) is 4.90 Å². The van der Waals surface area contributed by atoms with Gasteiger partial charge in [-0.25, -0.2) is 0 Å². The summed E-state index contributed by atoms with van der Waals surface area (Å²) in [5.41, 5.74) is 6.11. The molecule has 0 aromatic carbocycles. The van der Waals surface area contributed by atoms with E-state index in [9.17, 15) is 5.11 Å². The molecule has 0 aliphatic carbocycles. The van der Waals surface area contributed by atoms with E-state index in [1.54, 1.807) is 0 Å². The van der Waals surface area contributed by atoms with Crippen LogP contribution >= 0.6 is 0 Å². The molecule has 0 rings (SSSR count). The summed E-state index contributed by atoms with van der Waals surface area (Å²) in [5, 5.41) is 9.44. The minimum Gasteiger partial charge on any atom is -0.395 e. The molecule has 0 saturated heterocycles. The van der Waals surface area contributed by atoms with E-state index in [0.717, 1.165) is 19.7 Å². The zero-order chi connectivity index (χ0) is 12.6. The number of nitrogens with two attached hydrogens (primary N) is 1. The van der Waals surface area contributed by atoms with Gasteiger partial charge in [-0.3, -0.25) is 4.90 Å². The van der Waals surface area contributed by atoms with Crippen molar-refractivity contribution in [3.8, 4) is 0 Å². The first-order chi connectivity index (χ1) is 7.58. The molecule has 2 unspecified atom stereocenters. The summed E-state index contributed by atoms with van der Waals surface area (Å²) in [4.78, 5) is 2.19. The SMILES string of the molecule is CCOCCN(CC)C(CO)C(N)C(C)C. The fourth-order valence-electron chi connectivity index (χ4n) is 1.81. The Morgan fingerprint density at radius 2 is 1.94 bits per heavy atom. The quantitative estimate of drug-likeness (QED) is 0.574. The van der Waals surface area contributed by atoms with Gasteiger partial charge in [0, 0.05) is 25.2 Å². The van der Waals surface area contributed by atoms with Crippen LogP contribution < -0.4 is 5.73 Å². The fourth-order valence-corrected chi connectivity index (χ4v) is 1.81. The van der Waals surface area contributed by atoms with E-state index in [4.69, 9.17) is 10.5 Å². The summed E-state index contributed by atoms with van der Waals surface area (Å²) in [6.07, 6.45) is 0. The van der Waals surface area contributed by atoms with Crippen molar-refractivity contribution in [2.24, 2.45) is 11.7 Å². The Kier molecular flexibility index (Phi) is 8.84. The molecule has 0 aromatic heterocycles. The summed E-state index contributed by atoms with van der Waals surface area (Å²) in [6, 6.07) is 0.0389. The molecule has 0 saturated carbocycles. The van der Waals surface area contributed by atoms with Crippen molar-refractivity contribution in [3.63, 3.8) is 0 Å². The second-order valence-electron chi connectivity index (χ2n) is 4.40. The fraction of sp³-hybridized carbons (Fsp3) is 1.00. The van der Waals surface area contributed by atoms with E-state index in [-0.39, 0.29) is 18.7 Å². The Labute approximate surface area is 99.8 Å². The summed E-state index contributed by atoms with van der Waals surface area (Å²) in [5.74, 6) is 0.373. The molecule has 0 bridgehead atoms. The third-order valence-electron chi connectivity index (χ3n) is 3.00. The van der Waals surface area contributed by atoms with Gasteiger partial charge in [0.1, 0.15) is 0 Å². The zero-order valence-electron chi connectivity index (χ0n) is 11.1. The van der Waals surface area contributed by atoms with Crippen LogP contribution in [0.2, 0.25) is 0 Å². The van der Waals surface area contributed by atoms with Crippen LogP contribution in [0.5, 0.6) is 0 Å². The molecule has 4 heteroatoms. The first-order valence-electron chi connectivity index (χ1n) is 6.26. The van der Waals surface area contributed by atoms with Crippen molar-refractivity contribution in [3.05, 3.63) is 0 Å². The molecular weight excluding hydrogens is 204 g/mol. The molecule has 0 aliphatic rings. The molecule has 98 valence electrons. The molecule has 0 heterocycles. The highest BCUT2D eigenvalue weighted by atomic mass is 16.5. The lowest BCUT2D eigenvalue weighted by Crippen LogP contribution is -2.53. The minimum absolute atomic E-state index is 0.00609. The van der Waals surface area contributed by atoms with Gasteiger partial charge in [-0.1, -0.05) is 20.8 Å². The third kappa shape index (κ3) is 5.25. The molecule has 0 radical (unpaired) electrons. The molecule has 0 spiro atoms. The maximum Gasteiger partial charge on any atom is 0.0602 e. The predicted octanol–water partition coefficient (Wildman–Crippen LogP) is 0.689. The van der Waals surface area contributed by atoms with Gasteiger partial charge in [0.2, 0.25) is 0 Å². The number of nitrogens with zero attached hydrogens (tertiary/aromatic N) is 1. The maximum absolute atomic E-state index is 9.44. The molecule has 0 aliphatic heterocycles. The van der Waals surface area contributed by atoms with Crippen molar-refractivity contribution in [1.29, 1.82) is 0 Å². The predicted molar refractivity (Wildman–Crippen MR) is 67.4 cm³/mol. The van der Waals surface area contributed by atoms with E-state index in [2.05, 4.69) is 25.7 Å². The van der Waals surface area contributed by atoms with E-state index in [1.165, 1.54) is 0 Å².